The van der Waals surface area contributed by atoms with Gasteiger partial charge < -0.3 is 20.4 Å². The van der Waals surface area contributed by atoms with Gasteiger partial charge in [0.1, 0.15) is 0 Å². The zero-order chi connectivity index (χ0) is 19.1. The van der Waals surface area contributed by atoms with E-state index in [0.717, 1.165) is 19.0 Å². The van der Waals surface area contributed by atoms with Gasteiger partial charge in [-0.15, -0.1) is 24.0 Å². The molecule has 0 radical (unpaired) electrons. The van der Waals surface area contributed by atoms with E-state index in [1.54, 1.807) is 0 Å². The highest BCUT2D eigenvalue weighted by Crippen LogP contribution is 2.18. The Labute approximate surface area is 184 Å². The third-order valence-corrected chi connectivity index (χ3v) is 6.02. The molecule has 2 fully saturated rings. The van der Waals surface area contributed by atoms with E-state index >= 15 is 0 Å². The first-order chi connectivity index (χ1) is 12.4. The van der Waals surface area contributed by atoms with E-state index in [9.17, 15) is 0 Å². The molecule has 7 heteroatoms. The van der Waals surface area contributed by atoms with E-state index in [1.165, 1.54) is 45.8 Å². The summed E-state index contributed by atoms with van der Waals surface area (Å²) in [7, 11) is 1.88. The van der Waals surface area contributed by atoms with Crippen LogP contribution in [-0.4, -0.2) is 98.7 Å². The van der Waals surface area contributed by atoms with Crippen molar-refractivity contribution in [3.05, 3.63) is 0 Å². The molecule has 2 heterocycles. The van der Waals surface area contributed by atoms with Gasteiger partial charge in [0.2, 0.25) is 0 Å². The Hall–Kier alpha value is -0.120. The van der Waals surface area contributed by atoms with Gasteiger partial charge in [0.25, 0.3) is 0 Å². The maximum Gasteiger partial charge on any atom is 0.191 e. The van der Waals surface area contributed by atoms with E-state index in [4.69, 9.17) is 0 Å². The second-order valence-corrected chi connectivity index (χ2v) is 8.57. The lowest BCUT2D eigenvalue weighted by atomic mass is 10.1. The van der Waals surface area contributed by atoms with Crippen molar-refractivity contribution in [1.82, 2.24) is 25.3 Å². The molecule has 0 bridgehead atoms. The number of nitrogens with one attached hydrogen (secondary N) is 2. The Balaban J connectivity index is 0.00000364. The van der Waals surface area contributed by atoms with Gasteiger partial charge in [0.05, 0.1) is 0 Å². The molecule has 3 atom stereocenters. The van der Waals surface area contributed by atoms with Crippen molar-refractivity contribution < 1.29 is 0 Å². The molecule has 2 aliphatic heterocycles. The van der Waals surface area contributed by atoms with Crippen LogP contribution in [0.4, 0.5) is 0 Å². The molecule has 0 aromatic heterocycles. The molecule has 27 heavy (non-hydrogen) atoms. The quantitative estimate of drug-likeness (QED) is 0.321. The van der Waals surface area contributed by atoms with E-state index in [0.29, 0.717) is 23.9 Å². The van der Waals surface area contributed by atoms with Gasteiger partial charge in [0.15, 0.2) is 5.96 Å². The minimum Gasteiger partial charge on any atom is -0.356 e. The largest absolute Gasteiger partial charge is 0.356 e. The van der Waals surface area contributed by atoms with Crippen LogP contribution in [0.25, 0.3) is 0 Å². The zero-order valence-corrected chi connectivity index (χ0v) is 20.7. The highest BCUT2D eigenvalue weighted by molar-refractivity contribution is 14.0. The molecule has 0 aromatic carbocycles. The number of guanidine groups is 1. The van der Waals surface area contributed by atoms with Gasteiger partial charge in [-0.2, -0.15) is 0 Å². The first-order valence-corrected chi connectivity index (χ1v) is 10.6. The lowest BCUT2D eigenvalue weighted by Gasteiger charge is -2.35. The summed E-state index contributed by atoms with van der Waals surface area (Å²) in [6.45, 7) is 21.9. The van der Waals surface area contributed by atoms with Gasteiger partial charge in [-0.25, -0.2) is 0 Å². The molecular formula is C20H43IN6. The minimum absolute atomic E-state index is 0. The number of nitrogens with zero attached hydrogens (tertiary/aromatic N) is 4. The number of halogens is 1. The first kappa shape index (κ1) is 24.9. The minimum atomic E-state index is 0. The van der Waals surface area contributed by atoms with Crippen molar-refractivity contribution in [2.45, 2.75) is 46.7 Å². The number of rotatable bonds is 7. The van der Waals surface area contributed by atoms with Crippen molar-refractivity contribution in [2.24, 2.45) is 16.8 Å². The number of likely N-dealkylation sites (N-methyl/N-ethyl adjacent to an activating group) is 1. The van der Waals surface area contributed by atoms with Crippen LogP contribution < -0.4 is 10.6 Å². The van der Waals surface area contributed by atoms with E-state index in [-0.39, 0.29) is 24.0 Å². The fraction of sp³-hybridized carbons (Fsp3) is 0.950. The second-order valence-electron chi connectivity index (χ2n) is 8.57. The molecule has 2 rings (SSSR count). The fourth-order valence-corrected chi connectivity index (χ4v) is 4.05. The zero-order valence-electron chi connectivity index (χ0n) is 18.4. The molecule has 0 aromatic rings. The highest BCUT2D eigenvalue weighted by Gasteiger charge is 2.31. The maximum atomic E-state index is 4.45. The lowest BCUT2D eigenvalue weighted by molar-refractivity contribution is 0.124. The average Bonchev–Trinajstić information content (AvgIpc) is 3.00. The Morgan fingerprint density at radius 3 is 2.22 bits per heavy atom. The van der Waals surface area contributed by atoms with Crippen LogP contribution in [0.15, 0.2) is 4.99 Å². The molecule has 2 aliphatic rings. The van der Waals surface area contributed by atoms with Crippen molar-refractivity contribution in [3.8, 4) is 0 Å². The number of likely N-dealkylation sites (tertiary alicyclic amines) is 1. The molecule has 0 spiro atoms. The summed E-state index contributed by atoms with van der Waals surface area (Å²) in [5.74, 6) is 2.23. The Morgan fingerprint density at radius 1 is 1.07 bits per heavy atom. The van der Waals surface area contributed by atoms with Gasteiger partial charge >= 0.3 is 0 Å². The summed E-state index contributed by atoms with van der Waals surface area (Å²) in [4.78, 5) is 12.1. The van der Waals surface area contributed by atoms with E-state index in [2.05, 4.69) is 64.9 Å². The average molecular weight is 495 g/mol. The second kappa shape index (κ2) is 12.4. The van der Waals surface area contributed by atoms with Crippen LogP contribution in [0.2, 0.25) is 0 Å². The third kappa shape index (κ3) is 8.03. The summed E-state index contributed by atoms with van der Waals surface area (Å²) in [5.41, 5.74) is 0. The van der Waals surface area contributed by atoms with Crippen molar-refractivity contribution >= 4 is 29.9 Å². The van der Waals surface area contributed by atoms with Gasteiger partial charge in [-0.05, 0) is 32.2 Å². The Kier molecular flexibility index (Phi) is 11.5. The van der Waals surface area contributed by atoms with Crippen LogP contribution >= 0.6 is 24.0 Å². The lowest BCUT2D eigenvalue weighted by Crippen LogP contribution is -2.50. The third-order valence-electron chi connectivity index (χ3n) is 6.02. The number of piperazine rings is 1. The molecular weight excluding hydrogens is 451 g/mol. The Morgan fingerprint density at radius 2 is 1.70 bits per heavy atom. The van der Waals surface area contributed by atoms with Gasteiger partial charge in [-0.3, -0.25) is 9.89 Å². The molecule has 0 amide bonds. The SMILES string of the molecule is CCN1CCN(CC(C)CNC(=NC)NC2CN(C(C)C)CC2C)CC1.I. The van der Waals surface area contributed by atoms with Crippen LogP contribution in [0, 0.1) is 11.8 Å². The van der Waals surface area contributed by atoms with E-state index in [1.807, 2.05) is 7.05 Å². The number of hydrogen-bond acceptors (Lipinski definition) is 4. The summed E-state index contributed by atoms with van der Waals surface area (Å²) in [6.07, 6.45) is 0. The number of aliphatic imine (C=N–C) groups is 1. The molecule has 2 saturated heterocycles. The molecule has 0 aliphatic carbocycles. The van der Waals surface area contributed by atoms with Crippen LogP contribution in [0.1, 0.15) is 34.6 Å². The summed E-state index contributed by atoms with van der Waals surface area (Å²) in [5, 5.41) is 7.20. The molecule has 0 saturated carbocycles. The maximum absolute atomic E-state index is 4.45. The summed E-state index contributed by atoms with van der Waals surface area (Å²) in [6, 6.07) is 1.11. The molecule has 2 N–H and O–H groups in total. The van der Waals surface area contributed by atoms with E-state index < -0.39 is 0 Å². The molecule has 3 unspecified atom stereocenters. The summed E-state index contributed by atoms with van der Waals surface area (Å²) < 4.78 is 0. The van der Waals surface area contributed by atoms with Crippen LogP contribution in [-0.2, 0) is 0 Å². The standard InChI is InChI=1S/C20H42N6.HI/c1-7-24-8-10-25(11-9-24)13-17(4)12-22-20(21-6)23-19-15-26(16(2)3)14-18(19)5;/h16-19H,7-15H2,1-6H3,(H2,21,22,23);1H. The van der Waals surface area contributed by atoms with Gasteiger partial charge in [-0.1, -0.05) is 20.8 Å². The fourth-order valence-electron chi connectivity index (χ4n) is 4.05. The highest BCUT2D eigenvalue weighted by atomic mass is 127. The van der Waals surface area contributed by atoms with Crippen molar-refractivity contribution in [1.29, 1.82) is 0 Å². The predicted octanol–water partition coefficient (Wildman–Crippen LogP) is 1.77. The van der Waals surface area contributed by atoms with Crippen LogP contribution in [0.5, 0.6) is 0 Å². The van der Waals surface area contributed by atoms with Crippen LogP contribution in [0.3, 0.4) is 0 Å². The summed E-state index contributed by atoms with van der Waals surface area (Å²) >= 11 is 0. The van der Waals surface area contributed by atoms with Crippen molar-refractivity contribution in [3.63, 3.8) is 0 Å². The van der Waals surface area contributed by atoms with Gasteiger partial charge in [0, 0.05) is 71.5 Å². The topological polar surface area (TPSA) is 46.1 Å². The monoisotopic (exact) mass is 494 g/mol. The van der Waals surface area contributed by atoms with Crippen molar-refractivity contribution in [2.75, 3.05) is 66.0 Å². The predicted molar refractivity (Wildman–Crippen MR) is 127 cm³/mol. The first-order valence-electron chi connectivity index (χ1n) is 10.6. The number of hydrogen-bond donors (Lipinski definition) is 2. The molecule has 6 nitrogen and oxygen atoms in total. The normalized spacial score (nSPS) is 26.9. The molecule has 160 valence electrons. The Bertz CT molecular complexity index is 436. The smallest absolute Gasteiger partial charge is 0.191 e.